The van der Waals surface area contributed by atoms with Crippen LogP contribution in [0, 0.1) is 0 Å². The number of fused-ring (bicyclic) bond motifs is 1. The molecule has 2 N–H and O–H groups in total. The molecule has 2 aliphatic heterocycles. The predicted octanol–water partition coefficient (Wildman–Crippen LogP) is 2.29. The fourth-order valence-corrected chi connectivity index (χ4v) is 4.31. The van der Waals surface area contributed by atoms with Gasteiger partial charge in [0.15, 0.2) is 0 Å². The molecule has 1 aliphatic carbocycles. The van der Waals surface area contributed by atoms with E-state index in [-0.39, 0.29) is 0 Å². The molecule has 0 amide bonds. The summed E-state index contributed by atoms with van der Waals surface area (Å²) < 4.78 is 0. The van der Waals surface area contributed by atoms with E-state index in [2.05, 4.69) is 10.2 Å². The maximum atomic E-state index is 10.7. The van der Waals surface area contributed by atoms with Crippen LogP contribution >= 0.6 is 0 Å². The third-order valence-electron chi connectivity index (χ3n) is 5.57. The summed E-state index contributed by atoms with van der Waals surface area (Å²) >= 11 is 0. The second kappa shape index (κ2) is 6.11. The van der Waals surface area contributed by atoms with Gasteiger partial charge in [0.05, 0.1) is 5.60 Å². The molecular weight excluding hydrogens is 236 g/mol. The molecule has 2 unspecified atom stereocenters. The summed E-state index contributed by atoms with van der Waals surface area (Å²) in [5.41, 5.74) is -0.413. The number of aliphatic hydroxyl groups is 1. The van der Waals surface area contributed by atoms with Crippen LogP contribution < -0.4 is 5.32 Å². The molecule has 0 aromatic carbocycles. The van der Waals surface area contributed by atoms with E-state index in [9.17, 15) is 5.11 Å². The van der Waals surface area contributed by atoms with Crippen LogP contribution in [0.4, 0.5) is 0 Å². The molecule has 3 heteroatoms. The molecule has 0 aromatic rings. The van der Waals surface area contributed by atoms with E-state index < -0.39 is 5.60 Å². The summed E-state index contributed by atoms with van der Waals surface area (Å²) in [7, 11) is 0. The topological polar surface area (TPSA) is 35.5 Å². The van der Waals surface area contributed by atoms with Crippen molar-refractivity contribution >= 4 is 0 Å². The van der Waals surface area contributed by atoms with Crippen LogP contribution in [0.2, 0.25) is 0 Å². The number of hydrogen-bond acceptors (Lipinski definition) is 3. The first-order valence-electron chi connectivity index (χ1n) is 8.45. The molecule has 0 bridgehead atoms. The van der Waals surface area contributed by atoms with E-state index in [4.69, 9.17) is 0 Å². The van der Waals surface area contributed by atoms with Gasteiger partial charge in [0.1, 0.15) is 0 Å². The van der Waals surface area contributed by atoms with Gasteiger partial charge in [0, 0.05) is 18.6 Å². The third kappa shape index (κ3) is 3.50. The lowest BCUT2D eigenvalue weighted by molar-refractivity contribution is 0.0192. The zero-order valence-corrected chi connectivity index (χ0v) is 12.2. The molecule has 2 atom stereocenters. The maximum Gasteiger partial charge on any atom is 0.0771 e. The van der Waals surface area contributed by atoms with Gasteiger partial charge < -0.3 is 15.3 Å². The Balaban J connectivity index is 1.46. The number of nitrogens with zero attached hydrogens (tertiary/aromatic N) is 1. The minimum absolute atomic E-state index is 0.413. The Bertz CT molecular complexity index is 286. The fraction of sp³-hybridized carbons (Fsp3) is 1.00. The molecule has 3 aliphatic rings. The number of nitrogens with one attached hydrogen (secondary N) is 1. The molecule has 110 valence electrons. The summed E-state index contributed by atoms with van der Waals surface area (Å²) in [4.78, 5) is 2.67. The van der Waals surface area contributed by atoms with Gasteiger partial charge in [-0.1, -0.05) is 25.7 Å². The molecule has 2 saturated heterocycles. The Labute approximate surface area is 117 Å². The maximum absolute atomic E-state index is 10.7. The van der Waals surface area contributed by atoms with Gasteiger partial charge in [-0.2, -0.15) is 0 Å². The molecule has 19 heavy (non-hydrogen) atoms. The normalized spacial score (nSPS) is 35.8. The SMILES string of the molecule is OC1(CNC2CCN3CCCC3C2)CCCCCC1. The van der Waals surface area contributed by atoms with Crippen molar-refractivity contribution < 1.29 is 5.11 Å². The van der Waals surface area contributed by atoms with Gasteiger partial charge in [0.2, 0.25) is 0 Å². The molecule has 1 saturated carbocycles. The van der Waals surface area contributed by atoms with Crippen molar-refractivity contribution in [3.63, 3.8) is 0 Å². The van der Waals surface area contributed by atoms with Crippen molar-refractivity contribution in [2.24, 2.45) is 0 Å². The van der Waals surface area contributed by atoms with Gasteiger partial charge in [-0.05, 0) is 51.6 Å². The summed E-state index contributed by atoms with van der Waals surface area (Å²) in [6.45, 7) is 3.41. The number of rotatable bonds is 3. The lowest BCUT2D eigenvalue weighted by Crippen LogP contribution is -2.50. The zero-order chi connectivity index (χ0) is 13.1. The molecular formula is C16H30N2O. The average Bonchev–Trinajstić information content (AvgIpc) is 2.78. The van der Waals surface area contributed by atoms with Crippen LogP contribution in [-0.2, 0) is 0 Å². The summed E-state index contributed by atoms with van der Waals surface area (Å²) in [6.07, 6.45) is 12.4. The minimum Gasteiger partial charge on any atom is -0.389 e. The predicted molar refractivity (Wildman–Crippen MR) is 78.3 cm³/mol. The van der Waals surface area contributed by atoms with Crippen LogP contribution in [0.3, 0.4) is 0 Å². The lowest BCUT2D eigenvalue weighted by atomic mass is 9.92. The van der Waals surface area contributed by atoms with Crippen LogP contribution in [0.25, 0.3) is 0 Å². The highest BCUT2D eigenvalue weighted by Gasteiger charge is 2.33. The van der Waals surface area contributed by atoms with Gasteiger partial charge >= 0.3 is 0 Å². The first-order chi connectivity index (χ1) is 9.25. The second-order valence-corrected chi connectivity index (χ2v) is 7.07. The molecule has 0 spiro atoms. The smallest absolute Gasteiger partial charge is 0.0771 e. The largest absolute Gasteiger partial charge is 0.389 e. The average molecular weight is 266 g/mol. The number of piperidine rings is 1. The second-order valence-electron chi connectivity index (χ2n) is 7.07. The first kappa shape index (κ1) is 13.8. The van der Waals surface area contributed by atoms with E-state index in [0.29, 0.717) is 6.04 Å². The van der Waals surface area contributed by atoms with E-state index in [0.717, 1.165) is 25.4 Å². The summed E-state index contributed by atoms with van der Waals surface area (Å²) in [5, 5.41) is 14.4. The Morgan fingerprint density at radius 2 is 1.79 bits per heavy atom. The number of hydrogen-bond donors (Lipinski definition) is 2. The quantitative estimate of drug-likeness (QED) is 0.769. The fourth-order valence-electron chi connectivity index (χ4n) is 4.31. The summed E-state index contributed by atoms with van der Waals surface area (Å²) in [5.74, 6) is 0. The molecule has 0 aromatic heterocycles. The van der Waals surface area contributed by atoms with E-state index in [1.54, 1.807) is 0 Å². The van der Waals surface area contributed by atoms with Crippen LogP contribution in [0.1, 0.15) is 64.2 Å². The van der Waals surface area contributed by atoms with Crippen LogP contribution in [-0.4, -0.2) is 47.3 Å². The third-order valence-corrected chi connectivity index (χ3v) is 5.57. The Kier molecular flexibility index (Phi) is 4.45. The highest BCUT2D eigenvalue weighted by molar-refractivity contribution is 4.91. The van der Waals surface area contributed by atoms with Crippen molar-refractivity contribution in [1.29, 1.82) is 0 Å². The first-order valence-corrected chi connectivity index (χ1v) is 8.45. The minimum atomic E-state index is -0.413. The lowest BCUT2D eigenvalue weighted by Gasteiger charge is -2.37. The highest BCUT2D eigenvalue weighted by atomic mass is 16.3. The van der Waals surface area contributed by atoms with E-state index in [1.165, 1.54) is 64.5 Å². The van der Waals surface area contributed by atoms with Crippen molar-refractivity contribution in [2.45, 2.75) is 81.9 Å². The molecule has 0 radical (unpaired) electrons. The molecule has 3 rings (SSSR count). The van der Waals surface area contributed by atoms with Crippen molar-refractivity contribution in [3.05, 3.63) is 0 Å². The van der Waals surface area contributed by atoms with Gasteiger partial charge in [0.25, 0.3) is 0 Å². The van der Waals surface area contributed by atoms with E-state index >= 15 is 0 Å². The molecule has 3 fully saturated rings. The van der Waals surface area contributed by atoms with Gasteiger partial charge in [-0.25, -0.2) is 0 Å². The Morgan fingerprint density at radius 3 is 2.58 bits per heavy atom. The van der Waals surface area contributed by atoms with Crippen LogP contribution in [0.15, 0.2) is 0 Å². The van der Waals surface area contributed by atoms with Crippen molar-refractivity contribution in [1.82, 2.24) is 10.2 Å². The Morgan fingerprint density at radius 1 is 1.00 bits per heavy atom. The monoisotopic (exact) mass is 266 g/mol. The van der Waals surface area contributed by atoms with Crippen molar-refractivity contribution in [2.75, 3.05) is 19.6 Å². The zero-order valence-electron chi connectivity index (χ0n) is 12.2. The summed E-state index contributed by atoms with van der Waals surface area (Å²) in [6, 6.07) is 1.47. The molecule has 2 heterocycles. The standard InChI is InChI=1S/C16H30N2O/c19-16(8-3-1-2-4-9-16)13-17-14-7-11-18-10-5-6-15(18)12-14/h14-15,17,19H,1-13H2. The van der Waals surface area contributed by atoms with Gasteiger partial charge in [-0.3, -0.25) is 0 Å². The molecule has 3 nitrogen and oxygen atoms in total. The van der Waals surface area contributed by atoms with E-state index in [1.807, 2.05) is 0 Å². The van der Waals surface area contributed by atoms with Crippen molar-refractivity contribution in [3.8, 4) is 0 Å². The van der Waals surface area contributed by atoms with Crippen LogP contribution in [0.5, 0.6) is 0 Å². The highest BCUT2D eigenvalue weighted by Crippen LogP contribution is 2.29. The Hall–Kier alpha value is -0.120. The van der Waals surface area contributed by atoms with Gasteiger partial charge in [-0.15, -0.1) is 0 Å².